The molecule has 0 fully saturated rings. The maximum absolute atomic E-state index is 12.7. The van der Waals surface area contributed by atoms with E-state index in [2.05, 4.69) is 4.72 Å². The van der Waals surface area contributed by atoms with Crippen LogP contribution >= 0.6 is 0 Å². The first-order chi connectivity index (χ1) is 12.8. The fourth-order valence-corrected chi connectivity index (χ4v) is 4.41. The zero-order valence-corrected chi connectivity index (χ0v) is 16.5. The smallest absolute Gasteiger partial charge is 0.293 e. The Morgan fingerprint density at radius 3 is 2.37 bits per heavy atom. The molecule has 1 heterocycles. The lowest BCUT2D eigenvalue weighted by Gasteiger charge is -2.17. The molecule has 8 nitrogen and oxygen atoms in total. The molecule has 0 spiro atoms. The Kier molecular flexibility index (Phi) is 6.57. The van der Waals surface area contributed by atoms with E-state index in [0.29, 0.717) is 24.9 Å². The van der Waals surface area contributed by atoms with Gasteiger partial charge in [-0.3, -0.25) is 13.9 Å². The number of nitrogens with zero attached hydrogens (tertiary/aromatic N) is 3. The molecule has 1 aromatic heterocycles. The lowest BCUT2D eigenvalue weighted by Crippen LogP contribution is -2.39. The van der Waals surface area contributed by atoms with E-state index < -0.39 is 21.3 Å². The lowest BCUT2D eigenvalue weighted by molar-refractivity contribution is 0.521. The molecular formula is C18H24N4O4S. The monoisotopic (exact) mass is 392 g/mol. The highest BCUT2D eigenvalue weighted by Gasteiger charge is 2.21. The summed E-state index contributed by atoms with van der Waals surface area (Å²) in [5.74, 6) is 0. The van der Waals surface area contributed by atoms with E-state index >= 15 is 0 Å². The average molecular weight is 392 g/mol. The molecule has 27 heavy (non-hydrogen) atoms. The molecule has 0 saturated heterocycles. The molecule has 0 bridgehead atoms. The molecule has 9 heteroatoms. The molecule has 0 saturated carbocycles. The van der Waals surface area contributed by atoms with Crippen LogP contribution in [0.25, 0.3) is 10.9 Å². The Labute approximate surface area is 158 Å². The second-order valence-corrected chi connectivity index (χ2v) is 7.89. The Morgan fingerprint density at radius 2 is 1.81 bits per heavy atom. The van der Waals surface area contributed by atoms with Crippen molar-refractivity contribution >= 4 is 20.9 Å². The summed E-state index contributed by atoms with van der Waals surface area (Å²) in [6, 6.07) is 5.85. The molecule has 0 aliphatic heterocycles. The molecule has 0 radical (unpaired) electrons. The third kappa shape index (κ3) is 4.12. The van der Waals surface area contributed by atoms with Crippen molar-refractivity contribution < 1.29 is 8.42 Å². The summed E-state index contributed by atoms with van der Waals surface area (Å²) < 4.78 is 30.6. The van der Waals surface area contributed by atoms with Crippen LogP contribution in [0.3, 0.4) is 0 Å². The average Bonchev–Trinajstić information content (AvgIpc) is 2.65. The van der Waals surface area contributed by atoms with Crippen LogP contribution in [0.1, 0.15) is 40.0 Å². The van der Waals surface area contributed by atoms with Gasteiger partial charge < -0.3 is 0 Å². The zero-order valence-electron chi connectivity index (χ0n) is 15.7. The number of aromatic nitrogens is 2. The first-order valence-corrected chi connectivity index (χ1v) is 10.5. The molecule has 1 N–H and O–H groups in total. The van der Waals surface area contributed by atoms with Crippen molar-refractivity contribution in [2.24, 2.45) is 0 Å². The van der Waals surface area contributed by atoms with Crippen molar-refractivity contribution in [3.8, 4) is 6.07 Å². The van der Waals surface area contributed by atoms with Gasteiger partial charge in [0, 0.05) is 25.6 Å². The summed E-state index contributed by atoms with van der Waals surface area (Å²) in [7, 11) is -3.85. The van der Waals surface area contributed by atoms with Gasteiger partial charge >= 0.3 is 5.69 Å². The number of benzene rings is 1. The molecule has 0 unspecified atom stereocenters. The Morgan fingerprint density at radius 1 is 1.15 bits per heavy atom. The normalized spacial score (nSPS) is 12.8. The van der Waals surface area contributed by atoms with E-state index in [1.807, 2.05) is 13.0 Å². The number of nitrogens with one attached hydrogen (secondary N) is 1. The van der Waals surface area contributed by atoms with Crippen LogP contribution in [0.2, 0.25) is 0 Å². The van der Waals surface area contributed by atoms with Crippen LogP contribution in [0, 0.1) is 11.3 Å². The Bertz CT molecular complexity index is 1090. The van der Waals surface area contributed by atoms with Gasteiger partial charge in [-0.1, -0.05) is 6.92 Å². The summed E-state index contributed by atoms with van der Waals surface area (Å²) in [5, 5.41) is 8.89. The van der Waals surface area contributed by atoms with Crippen LogP contribution in [0.5, 0.6) is 0 Å². The SMILES string of the molecule is CC[C@@H](CCC#N)NS(=O)(=O)c1ccc2c(c1)c(=O)n(CC)c(=O)n2CC. The van der Waals surface area contributed by atoms with Gasteiger partial charge in [0.1, 0.15) is 0 Å². The Balaban J connectivity index is 2.60. The molecule has 0 aliphatic carbocycles. The first-order valence-electron chi connectivity index (χ1n) is 8.97. The summed E-state index contributed by atoms with van der Waals surface area (Å²) in [6.45, 7) is 5.89. The van der Waals surface area contributed by atoms with E-state index in [-0.39, 0.29) is 29.3 Å². The van der Waals surface area contributed by atoms with Crippen LogP contribution < -0.4 is 16.0 Å². The van der Waals surface area contributed by atoms with E-state index in [4.69, 9.17) is 5.26 Å². The predicted molar refractivity (Wildman–Crippen MR) is 103 cm³/mol. The van der Waals surface area contributed by atoms with Gasteiger partial charge in [-0.05, 0) is 44.9 Å². The largest absolute Gasteiger partial charge is 0.331 e. The summed E-state index contributed by atoms with van der Waals surface area (Å²) in [5.41, 5.74) is -0.503. The van der Waals surface area contributed by atoms with Crippen LogP contribution in [-0.2, 0) is 23.1 Å². The van der Waals surface area contributed by atoms with Crippen LogP contribution in [0.4, 0.5) is 0 Å². The lowest BCUT2D eigenvalue weighted by atomic mass is 10.1. The fraction of sp³-hybridized carbons (Fsp3) is 0.500. The molecule has 0 amide bonds. The standard InChI is InChI=1S/C18H24N4O4S/c1-4-13(8-7-11-19)20-27(25,26)14-9-10-16-15(12-14)17(23)22(6-3)18(24)21(16)5-2/h9-10,12-13,20H,4-8H2,1-3H3/t13-/m0/s1. The molecule has 2 aromatic rings. The third-order valence-electron chi connectivity index (χ3n) is 4.56. The van der Waals surface area contributed by atoms with Gasteiger partial charge in [0.25, 0.3) is 5.56 Å². The zero-order chi connectivity index (χ0) is 20.2. The van der Waals surface area contributed by atoms with Crippen molar-refractivity contribution in [2.75, 3.05) is 0 Å². The van der Waals surface area contributed by atoms with Crippen molar-refractivity contribution in [1.29, 1.82) is 5.26 Å². The molecule has 2 rings (SSSR count). The van der Waals surface area contributed by atoms with Crippen molar-refractivity contribution in [2.45, 2.75) is 64.1 Å². The van der Waals surface area contributed by atoms with Crippen molar-refractivity contribution in [3.05, 3.63) is 39.0 Å². The quantitative estimate of drug-likeness (QED) is 0.732. The topological polar surface area (TPSA) is 114 Å². The number of hydrogen-bond donors (Lipinski definition) is 1. The maximum atomic E-state index is 12.7. The number of aryl methyl sites for hydroxylation is 1. The highest BCUT2D eigenvalue weighted by Crippen LogP contribution is 2.17. The molecule has 1 aromatic carbocycles. The molecular weight excluding hydrogens is 368 g/mol. The highest BCUT2D eigenvalue weighted by molar-refractivity contribution is 7.89. The summed E-state index contributed by atoms with van der Waals surface area (Å²) in [6.07, 6.45) is 1.22. The second kappa shape index (κ2) is 8.50. The predicted octanol–water partition coefficient (Wildman–Crippen LogP) is 1.56. The third-order valence-corrected chi connectivity index (χ3v) is 6.08. The van der Waals surface area contributed by atoms with E-state index in [1.54, 1.807) is 13.8 Å². The van der Waals surface area contributed by atoms with Gasteiger partial charge in [0.05, 0.1) is 21.9 Å². The maximum Gasteiger partial charge on any atom is 0.331 e. The first kappa shape index (κ1) is 20.9. The van der Waals surface area contributed by atoms with Gasteiger partial charge in [-0.15, -0.1) is 0 Å². The van der Waals surface area contributed by atoms with Crippen molar-refractivity contribution in [1.82, 2.24) is 13.9 Å². The number of nitriles is 1. The van der Waals surface area contributed by atoms with Gasteiger partial charge in [0.2, 0.25) is 10.0 Å². The van der Waals surface area contributed by atoms with Gasteiger partial charge in [-0.2, -0.15) is 5.26 Å². The minimum absolute atomic E-state index is 0.0357. The van der Waals surface area contributed by atoms with E-state index in [0.717, 1.165) is 4.57 Å². The minimum Gasteiger partial charge on any atom is -0.293 e. The van der Waals surface area contributed by atoms with Crippen LogP contribution in [0.15, 0.2) is 32.7 Å². The summed E-state index contributed by atoms with van der Waals surface area (Å²) >= 11 is 0. The van der Waals surface area contributed by atoms with Crippen molar-refractivity contribution in [3.63, 3.8) is 0 Å². The number of hydrogen-bond acceptors (Lipinski definition) is 5. The number of fused-ring (bicyclic) bond motifs is 1. The molecule has 0 aliphatic rings. The Hall–Kier alpha value is -2.44. The number of rotatable bonds is 8. The van der Waals surface area contributed by atoms with E-state index in [1.165, 1.54) is 22.8 Å². The fourth-order valence-electron chi connectivity index (χ4n) is 3.03. The second-order valence-electron chi connectivity index (χ2n) is 6.18. The molecule has 146 valence electrons. The minimum atomic E-state index is -3.85. The van der Waals surface area contributed by atoms with Gasteiger partial charge in [0.15, 0.2) is 0 Å². The molecule has 1 atom stereocenters. The summed E-state index contributed by atoms with van der Waals surface area (Å²) in [4.78, 5) is 25.0. The van der Waals surface area contributed by atoms with Gasteiger partial charge in [-0.25, -0.2) is 17.9 Å². The highest BCUT2D eigenvalue weighted by atomic mass is 32.2. The number of sulfonamides is 1. The van der Waals surface area contributed by atoms with Crippen LogP contribution in [-0.4, -0.2) is 23.6 Å². The van der Waals surface area contributed by atoms with E-state index in [9.17, 15) is 18.0 Å².